The van der Waals surface area contributed by atoms with Crippen molar-refractivity contribution in [3.63, 3.8) is 0 Å². The Morgan fingerprint density at radius 2 is 1.60 bits per heavy atom. The fraction of sp³-hybridized carbons (Fsp3) is 0.533. The molecule has 20 heavy (non-hydrogen) atoms. The third-order valence-corrected chi connectivity index (χ3v) is 4.50. The maximum Gasteiger partial charge on any atom is 0.327 e. The Balaban J connectivity index is 2.20. The van der Waals surface area contributed by atoms with Crippen molar-refractivity contribution in [1.82, 2.24) is 4.57 Å². The van der Waals surface area contributed by atoms with Crippen LogP contribution in [-0.2, 0) is 4.79 Å². The Kier molecular flexibility index (Phi) is 2.81. The number of hydrogen-bond acceptors (Lipinski definition) is 3. The molecule has 5 nitrogen and oxygen atoms in total. The number of aliphatic carboxylic acids is 1. The van der Waals surface area contributed by atoms with Gasteiger partial charge in [-0.25, -0.2) is 4.79 Å². The number of carbonyl (C=O) groups is 1. The van der Waals surface area contributed by atoms with Crippen LogP contribution in [0.25, 0.3) is 0 Å². The number of fused-ring (bicyclic) bond motifs is 1. The molecule has 3 atom stereocenters. The summed E-state index contributed by atoms with van der Waals surface area (Å²) in [4.78, 5) is 11.5. The van der Waals surface area contributed by atoms with Gasteiger partial charge in [-0.05, 0) is 18.8 Å². The Hall–Kier alpha value is -1.91. The number of aromatic nitrogens is 1. The number of allylic oxidation sites excluding steroid dienone is 2. The molecule has 0 spiro atoms. The molecular formula is C15H19NO4. The molecule has 0 amide bonds. The molecule has 5 heteroatoms. The van der Waals surface area contributed by atoms with E-state index in [1.807, 2.05) is 12.2 Å². The predicted molar refractivity (Wildman–Crippen MR) is 73.1 cm³/mol. The van der Waals surface area contributed by atoms with E-state index in [0.29, 0.717) is 11.1 Å². The standard InChI is InChI=1S/C15H19NO4/c1-7(2)12(15(19)20)16-13(17)10-8-3-4-9(6-5-8)11(10)14(16)18/h3-4,7-9,12,17-18H,5-6H2,1-2H3,(H,19,20). The van der Waals surface area contributed by atoms with Gasteiger partial charge < -0.3 is 15.3 Å². The van der Waals surface area contributed by atoms with Crippen molar-refractivity contribution in [2.45, 2.75) is 44.6 Å². The van der Waals surface area contributed by atoms with Crippen LogP contribution in [0.15, 0.2) is 12.2 Å². The van der Waals surface area contributed by atoms with Crippen LogP contribution in [0.4, 0.5) is 0 Å². The van der Waals surface area contributed by atoms with Crippen molar-refractivity contribution in [3.05, 3.63) is 23.3 Å². The second-order valence-electron chi connectivity index (χ2n) is 6.05. The normalized spacial score (nSPS) is 24.9. The molecule has 1 aromatic heterocycles. The highest BCUT2D eigenvalue weighted by atomic mass is 16.4. The van der Waals surface area contributed by atoms with Gasteiger partial charge in [0.25, 0.3) is 0 Å². The molecule has 0 aromatic carbocycles. The lowest BCUT2D eigenvalue weighted by Gasteiger charge is -2.30. The molecule has 1 aromatic rings. The Labute approximate surface area is 117 Å². The smallest absolute Gasteiger partial charge is 0.327 e. The zero-order valence-electron chi connectivity index (χ0n) is 11.6. The zero-order chi connectivity index (χ0) is 14.6. The number of hydrogen-bond donors (Lipinski definition) is 3. The first kappa shape index (κ1) is 13.1. The molecule has 4 rings (SSSR count). The lowest BCUT2D eigenvalue weighted by atomic mass is 9.73. The summed E-state index contributed by atoms with van der Waals surface area (Å²) in [6.07, 6.45) is 5.96. The average Bonchev–Trinajstić information content (AvgIpc) is 2.67. The Bertz CT molecular complexity index is 562. The zero-order valence-corrected chi connectivity index (χ0v) is 11.6. The Morgan fingerprint density at radius 1 is 1.15 bits per heavy atom. The molecule has 0 radical (unpaired) electrons. The monoisotopic (exact) mass is 277 g/mol. The second kappa shape index (κ2) is 4.30. The topological polar surface area (TPSA) is 82.7 Å². The van der Waals surface area contributed by atoms with Crippen LogP contribution in [-0.4, -0.2) is 25.9 Å². The van der Waals surface area contributed by atoms with Crippen LogP contribution in [0.1, 0.15) is 55.7 Å². The van der Waals surface area contributed by atoms with Crippen LogP contribution in [0, 0.1) is 5.92 Å². The third kappa shape index (κ3) is 1.58. The van der Waals surface area contributed by atoms with Crippen molar-refractivity contribution in [3.8, 4) is 11.8 Å². The summed E-state index contributed by atoms with van der Waals surface area (Å²) in [7, 11) is 0. The molecule has 3 N–H and O–H groups in total. The van der Waals surface area contributed by atoms with Gasteiger partial charge in [0.15, 0.2) is 11.8 Å². The van der Waals surface area contributed by atoms with E-state index in [2.05, 4.69) is 0 Å². The van der Waals surface area contributed by atoms with Crippen LogP contribution in [0.2, 0.25) is 0 Å². The molecule has 0 saturated carbocycles. The van der Waals surface area contributed by atoms with Crippen molar-refractivity contribution in [2.75, 3.05) is 0 Å². The molecule has 0 saturated heterocycles. The molecular weight excluding hydrogens is 258 g/mol. The molecule has 3 aliphatic rings. The van der Waals surface area contributed by atoms with Crippen LogP contribution < -0.4 is 0 Å². The molecule has 0 aliphatic heterocycles. The highest BCUT2D eigenvalue weighted by Gasteiger charge is 2.40. The molecule has 3 unspecified atom stereocenters. The van der Waals surface area contributed by atoms with Gasteiger partial charge in [-0.15, -0.1) is 0 Å². The first-order valence-electron chi connectivity index (χ1n) is 7.00. The van der Waals surface area contributed by atoms with E-state index in [0.717, 1.165) is 12.8 Å². The first-order chi connectivity index (χ1) is 9.43. The lowest BCUT2D eigenvalue weighted by Crippen LogP contribution is -2.23. The van der Waals surface area contributed by atoms with Gasteiger partial charge in [-0.2, -0.15) is 0 Å². The largest absolute Gasteiger partial charge is 0.494 e. The van der Waals surface area contributed by atoms with Gasteiger partial charge in [-0.1, -0.05) is 26.0 Å². The lowest BCUT2D eigenvalue weighted by molar-refractivity contribution is -0.142. The Morgan fingerprint density at radius 3 is 1.90 bits per heavy atom. The summed E-state index contributed by atoms with van der Waals surface area (Å²) in [6, 6.07) is -0.958. The van der Waals surface area contributed by atoms with E-state index < -0.39 is 12.0 Å². The number of aromatic hydroxyl groups is 2. The van der Waals surface area contributed by atoms with Gasteiger partial charge in [0.05, 0.1) is 0 Å². The second-order valence-corrected chi connectivity index (χ2v) is 6.05. The third-order valence-electron chi connectivity index (χ3n) is 4.50. The quantitative estimate of drug-likeness (QED) is 0.742. The summed E-state index contributed by atoms with van der Waals surface area (Å²) in [5.41, 5.74) is 1.43. The average molecular weight is 277 g/mol. The maximum atomic E-state index is 11.5. The van der Waals surface area contributed by atoms with E-state index in [9.17, 15) is 20.1 Å². The maximum absolute atomic E-state index is 11.5. The van der Waals surface area contributed by atoms with E-state index in [-0.39, 0.29) is 29.5 Å². The predicted octanol–water partition coefficient (Wildman–Crippen LogP) is 2.71. The molecule has 1 heterocycles. The minimum absolute atomic E-state index is 0.0855. The fourth-order valence-corrected chi connectivity index (χ4v) is 3.59. The number of carboxylic acid groups (broad SMARTS) is 1. The molecule has 2 bridgehead atoms. The minimum Gasteiger partial charge on any atom is -0.494 e. The van der Waals surface area contributed by atoms with Gasteiger partial charge >= 0.3 is 5.97 Å². The van der Waals surface area contributed by atoms with E-state index >= 15 is 0 Å². The van der Waals surface area contributed by atoms with E-state index in [1.165, 1.54) is 4.57 Å². The number of nitrogens with zero attached hydrogens (tertiary/aromatic N) is 1. The van der Waals surface area contributed by atoms with Crippen molar-refractivity contribution in [1.29, 1.82) is 0 Å². The fourth-order valence-electron chi connectivity index (χ4n) is 3.59. The van der Waals surface area contributed by atoms with Gasteiger partial charge in [0, 0.05) is 23.0 Å². The van der Waals surface area contributed by atoms with Gasteiger partial charge in [0.1, 0.15) is 6.04 Å². The van der Waals surface area contributed by atoms with Crippen molar-refractivity contribution in [2.24, 2.45) is 5.92 Å². The summed E-state index contributed by atoms with van der Waals surface area (Å²) >= 11 is 0. The van der Waals surface area contributed by atoms with E-state index in [4.69, 9.17) is 0 Å². The summed E-state index contributed by atoms with van der Waals surface area (Å²) in [5.74, 6) is -1.27. The first-order valence-corrected chi connectivity index (χ1v) is 7.00. The van der Waals surface area contributed by atoms with Crippen LogP contribution >= 0.6 is 0 Å². The van der Waals surface area contributed by atoms with Gasteiger partial charge in [0.2, 0.25) is 0 Å². The minimum atomic E-state index is -1.04. The van der Waals surface area contributed by atoms with Crippen molar-refractivity contribution < 1.29 is 20.1 Å². The van der Waals surface area contributed by atoms with E-state index in [1.54, 1.807) is 13.8 Å². The summed E-state index contributed by atoms with van der Waals surface area (Å²) in [5, 5.41) is 30.3. The molecule has 108 valence electrons. The number of carboxylic acids is 1. The van der Waals surface area contributed by atoms with Crippen LogP contribution in [0.5, 0.6) is 11.8 Å². The van der Waals surface area contributed by atoms with Crippen LogP contribution in [0.3, 0.4) is 0 Å². The highest BCUT2D eigenvalue weighted by molar-refractivity contribution is 5.74. The SMILES string of the molecule is CC(C)C(C(=O)O)n1c(O)c2c(c1O)C1C=CC2CC1. The van der Waals surface area contributed by atoms with Crippen molar-refractivity contribution >= 4 is 5.97 Å². The highest BCUT2D eigenvalue weighted by Crippen LogP contribution is 2.54. The number of rotatable bonds is 3. The summed E-state index contributed by atoms with van der Waals surface area (Å²) in [6.45, 7) is 3.53. The summed E-state index contributed by atoms with van der Waals surface area (Å²) < 4.78 is 1.19. The molecule has 0 fully saturated rings. The van der Waals surface area contributed by atoms with Gasteiger partial charge in [-0.3, -0.25) is 4.57 Å². The molecule has 3 aliphatic carbocycles.